The second-order valence-corrected chi connectivity index (χ2v) is 5.42. The van der Waals surface area contributed by atoms with Crippen molar-refractivity contribution in [2.75, 3.05) is 19.8 Å². The van der Waals surface area contributed by atoms with E-state index >= 15 is 0 Å². The molecule has 1 aliphatic rings. The van der Waals surface area contributed by atoms with E-state index in [1.54, 1.807) is 4.90 Å². The standard InChI is InChI=1S/C13H15BrFNO3/c1-8-7-19-10(6-17)5-16(8)13(18)11-4-9(15)2-3-12(11)14/h2-4,8,10,17H,5-7H2,1H3. The van der Waals surface area contributed by atoms with Gasteiger partial charge in [-0.15, -0.1) is 0 Å². The summed E-state index contributed by atoms with van der Waals surface area (Å²) in [5, 5.41) is 9.11. The zero-order valence-electron chi connectivity index (χ0n) is 10.5. The van der Waals surface area contributed by atoms with Gasteiger partial charge in [-0.25, -0.2) is 4.39 Å². The molecule has 1 N–H and O–H groups in total. The number of ether oxygens (including phenoxy) is 1. The summed E-state index contributed by atoms with van der Waals surface area (Å²) in [6, 6.07) is 3.91. The third kappa shape index (κ3) is 3.13. The molecule has 0 saturated carbocycles. The van der Waals surface area contributed by atoms with E-state index in [1.807, 2.05) is 6.92 Å². The quantitative estimate of drug-likeness (QED) is 0.899. The van der Waals surface area contributed by atoms with Gasteiger partial charge in [-0.05, 0) is 41.1 Å². The van der Waals surface area contributed by atoms with Crippen LogP contribution in [0.4, 0.5) is 4.39 Å². The molecule has 2 unspecified atom stereocenters. The molecule has 0 aliphatic carbocycles. The lowest BCUT2D eigenvalue weighted by molar-refractivity contribution is -0.0667. The van der Waals surface area contributed by atoms with E-state index in [0.29, 0.717) is 17.6 Å². The summed E-state index contributed by atoms with van der Waals surface area (Å²) in [7, 11) is 0. The van der Waals surface area contributed by atoms with Crippen LogP contribution in [0.2, 0.25) is 0 Å². The van der Waals surface area contributed by atoms with E-state index in [4.69, 9.17) is 9.84 Å². The number of hydrogen-bond acceptors (Lipinski definition) is 3. The fourth-order valence-corrected chi connectivity index (χ4v) is 2.44. The maximum Gasteiger partial charge on any atom is 0.255 e. The Morgan fingerprint density at radius 1 is 1.63 bits per heavy atom. The molecule has 4 nitrogen and oxygen atoms in total. The molecule has 6 heteroatoms. The molecule has 2 rings (SSSR count). The molecule has 104 valence electrons. The summed E-state index contributed by atoms with van der Waals surface area (Å²) in [6.45, 7) is 2.39. The van der Waals surface area contributed by atoms with E-state index < -0.39 is 5.82 Å². The summed E-state index contributed by atoms with van der Waals surface area (Å²) >= 11 is 3.25. The van der Waals surface area contributed by atoms with Crippen molar-refractivity contribution >= 4 is 21.8 Å². The molecule has 1 aromatic carbocycles. The molecule has 2 atom stereocenters. The van der Waals surface area contributed by atoms with E-state index in [-0.39, 0.29) is 30.2 Å². The number of aliphatic hydroxyl groups excluding tert-OH is 1. The van der Waals surface area contributed by atoms with Crippen LogP contribution in [-0.2, 0) is 4.74 Å². The SMILES string of the molecule is CC1COC(CO)CN1C(=O)c1cc(F)ccc1Br. The van der Waals surface area contributed by atoms with Crippen molar-refractivity contribution in [3.05, 3.63) is 34.1 Å². The zero-order valence-corrected chi connectivity index (χ0v) is 12.1. The predicted octanol–water partition coefficient (Wildman–Crippen LogP) is 1.81. The fourth-order valence-electron chi connectivity index (χ4n) is 2.03. The van der Waals surface area contributed by atoms with E-state index in [2.05, 4.69) is 15.9 Å². The molecule has 1 aliphatic heterocycles. The predicted molar refractivity (Wildman–Crippen MR) is 71.4 cm³/mol. The Hall–Kier alpha value is -0.980. The van der Waals surface area contributed by atoms with Crippen LogP contribution in [0.1, 0.15) is 17.3 Å². The van der Waals surface area contributed by atoms with Gasteiger partial charge in [0.15, 0.2) is 0 Å². The highest BCUT2D eigenvalue weighted by atomic mass is 79.9. The van der Waals surface area contributed by atoms with Crippen molar-refractivity contribution in [1.82, 2.24) is 4.90 Å². The first-order chi connectivity index (χ1) is 9.02. The van der Waals surface area contributed by atoms with Crippen molar-refractivity contribution in [3.8, 4) is 0 Å². The van der Waals surface area contributed by atoms with E-state index in [9.17, 15) is 9.18 Å². The third-order valence-corrected chi connectivity index (χ3v) is 3.82. The number of benzene rings is 1. The summed E-state index contributed by atoms with van der Waals surface area (Å²) in [4.78, 5) is 14.0. The van der Waals surface area contributed by atoms with Gasteiger partial charge in [0.1, 0.15) is 5.82 Å². The molecule has 0 aromatic heterocycles. The highest BCUT2D eigenvalue weighted by Gasteiger charge is 2.30. The van der Waals surface area contributed by atoms with Gasteiger partial charge in [0, 0.05) is 11.0 Å². The van der Waals surface area contributed by atoms with Gasteiger partial charge in [-0.1, -0.05) is 0 Å². The van der Waals surface area contributed by atoms with Crippen LogP contribution in [0.5, 0.6) is 0 Å². The number of halogens is 2. The molecule has 1 saturated heterocycles. The Labute approximate surface area is 119 Å². The first-order valence-electron chi connectivity index (χ1n) is 6.01. The second kappa shape index (κ2) is 5.98. The van der Waals surface area contributed by atoms with Gasteiger partial charge in [-0.2, -0.15) is 0 Å². The largest absolute Gasteiger partial charge is 0.394 e. The number of carbonyl (C=O) groups is 1. The zero-order chi connectivity index (χ0) is 14.0. The smallest absolute Gasteiger partial charge is 0.255 e. The first kappa shape index (κ1) is 14.4. The molecule has 19 heavy (non-hydrogen) atoms. The molecule has 0 bridgehead atoms. The van der Waals surface area contributed by atoms with E-state index in [1.165, 1.54) is 18.2 Å². The Morgan fingerprint density at radius 2 is 2.37 bits per heavy atom. The lowest BCUT2D eigenvalue weighted by atomic mass is 10.1. The highest BCUT2D eigenvalue weighted by molar-refractivity contribution is 9.10. The van der Waals surface area contributed by atoms with Crippen LogP contribution in [0.3, 0.4) is 0 Å². The molecule has 0 spiro atoms. The molecule has 1 aromatic rings. The van der Waals surface area contributed by atoms with Gasteiger partial charge in [0.2, 0.25) is 0 Å². The summed E-state index contributed by atoms with van der Waals surface area (Å²) in [6.07, 6.45) is -0.382. The van der Waals surface area contributed by atoms with Gasteiger partial charge in [0.05, 0.1) is 30.9 Å². The summed E-state index contributed by atoms with van der Waals surface area (Å²) < 4.78 is 19.2. The summed E-state index contributed by atoms with van der Waals surface area (Å²) in [5.41, 5.74) is 0.283. The van der Waals surface area contributed by atoms with Crippen LogP contribution in [0.25, 0.3) is 0 Å². The van der Waals surface area contributed by atoms with Gasteiger partial charge < -0.3 is 14.7 Å². The molecule has 1 fully saturated rings. The normalized spacial score (nSPS) is 23.5. The minimum Gasteiger partial charge on any atom is -0.394 e. The Morgan fingerprint density at radius 3 is 3.05 bits per heavy atom. The lowest BCUT2D eigenvalue weighted by Gasteiger charge is -2.37. The minimum atomic E-state index is -0.453. The number of morpholine rings is 1. The average Bonchev–Trinajstić information content (AvgIpc) is 2.41. The van der Waals surface area contributed by atoms with Crippen molar-refractivity contribution in [2.24, 2.45) is 0 Å². The van der Waals surface area contributed by atoms with Crippen molar-refractivity contribution < 1.29 is 19.0 Å². The number of aliphatic hydroxyl groups is 1. The van der Waals surface area contributed by atoms with Gasteiger partial charge in [0.25, 0.3) is 5.91 Å². The molecule has 1 heterocycles. The number of amides is 1. The van der Waals surface area contributed by atoms with Crippen LogP contribution in [0, 0.1) is 5.82 Å². The van der Waals surface area contributed by atoms with Crippen LogP contribution >= 0.6 is 15.9 Å². The molecular weight excluding hydrogens is 317 g/mol. The maximum absolute atomic E-state index is 13.3. The van der Waals surface area contributed by atoms with Gasteiger partial charge in [-0.3, -0.25) is 4.79 Å². The fraction of sp³-hybridized carbons (Fsp3) is 0.462. The van der Waals surface area contributed by atoms with Crippen LogP contribution < -0.4 is 0 Å². The third-order valence-electron chi connectivity index (χ3n) is 3.13. The Bertz CT molecular complexity index is 483. The maximum atomic E-state index is 13.3. The number of nitrogens with zero attached hydrogens (tertiary/aromatic N) is 1. The number of hydrogen-bond donors (Lipinski definition) is 1. The molecular formula is C13H15BrFNO3. The topological polar surface area (TPSA) is 49.8 Å². The summed E-state index contributed by atoms with van der Waals surface area (Å²) in [5.74, 6) is -0.716. The minimum absolute atomic E-state index is 0.106. The van der Waals surface area contributed by atoms with Gasteiger partial charge >= 0.3 is 0 Å². The van der Waals surface area contributed by atoms with Crippen LogP contribution in [-0.4, -0.2) is 47.8 Å². The van der Waals surface area contributed by atoms with E-state index in [0.717, 1.165) is 0 Å². The number of rotatable bonds is 2. The number of carbonyl (C=O) groups excluding carboxylic acids is 1. The average molecular weight is 332 g/mol. The first-order valence-corrected chi connectivity index (χ1v) is 6.80. The second-order valence-electron chi connectivity index (χ2n) is 4.57. The van der Waals surface area contributed by atoms with Crippen LogP contribution in [0.15, 0.2) is 22.7 Å². The van der Waals surface area contributed by atoms with Crippen molar-refractivity contribution in [2.45, 2.75) is 19.1 Å². The lowest BCUT2D eigenvalue weighted by Crippen LogP contribution is -2.52. The Kier molecular flexibility index (Phi) is 4.54. The Balaban J connectivity index is 2.24. The van der Waals surface area contributed by atoms with Crippen molar-refractivity contribution in [3.63, 3.8) is 0 Å². The van der Waals surface area contributed by atoms with Crippen molar-refractivity contribution in [1.29, 1.82) is 0 Å². The molecule has 0 radical (unpaired) electrons. The monoisotopic (exact) mass is 331 g/mol. The molecule has 1 amide bonds. The highest BCUT2D eigenvalue weighted by Crippen LogP contribution is 2.22.